The van der Waals surface area contributed by atoms with Gasteiger partial charge in [0, 0.05) is 18.7 Å². The molecule has 1 aromatic carbocycles. The first-order chi connectivity index (χ1) is 9.16. The Bertz CT molecular complexity index is 442. The summed E-state index contributed by atoms with van der Waals surface area (Å²) in [6, 6.07) is 5.51. The smallest absolute Gasteiger partial charge is 0.248 e. The number of amides is 1. The molecule has 104 valence electrons. The molecule has 0 radical (unpaired) electrons. The lowest BCUT2D eigenvalue weighted by Crippen LogP contribution is -2.37. The highest BCUT2D eigenvalue weighted by atomic mass is 16.6. The Morgan fingerprint density at radius 1 is 1.47 bits per heavy atom. The molecule has 1 saturated heterocycles. The van der Waals surface area contributed by atoms with E-state index >= 15 is 0 Å². The Kier molecular flexibility index (Phi) is 4.90. The number of aryl methyl sites for hydroxylation is 1. The third kappa shape index (κ3) is 4.02. The Labute approximate surface area is 113 Å². The van der Waals surface area contributed by atoms with Crippen molar-refractivity contribution in [1.29, 1.82) is 0 Å². The van der Waals surface area contributed by atoms with Crippen molar-refractivity contribution in [3.8, 4) is 0 Å². The maximum absolute atomic E-state index is 11.1. The van der Waals surface area contributed by atoms with Crippen molar-refractivity contribution in [2.24, 2.45) is 5.73 Å². The average molecular weight is 264 g/mol. The molecule has 2 rings (SSSR count). The van der Waals surface area contributed by atoms with E-state index in [9.17, 15) is 4.79 Å². The van der Waals surface area contributed by atoms with Gasteiger partial charge in [0.1, 0.15) is 0 Å². The molecular weight excluding hydrogens is 244 g/mol. The number of nitrogens with one attached hydrogen (secondary N) is 1. The number of carbonyl (C=O) groups excluding carboxylic acids is 1. The first kappa shape index (κ1) is 14.0. The SMILES string of the molecule is Cc1cc(C(N)=O)ccc1CNCC1COCCO1. The van der Waals surface area contributed by atoms with Crippen molar-refractivity contribution in [3.63, 3.8) is 0 Å². The highest BCUT2D eigenvalue weighted by Gasteiger charge is 2.13. The fourth-order valence-electron chi connectivity index (χ4n) is 2.07. The molecule has 0 saturated carbocycles. The van der Waals surface area contributed by atoms with Crippen molar-refractivity contribution in [3.05, 3.63) is 34.9 Å². The second-order valence-corrected chi connectivity index (χ2v) is 4.70. The van der Waals surface area contributed by atoms with Gasteiger partial charge in [0.25, 0.3) is 0 Å². The van der Waals surface area contributed by atoms with Crippen LogP contribution in [0, 0.1) is 6.92 Å². The number of rotatable bonds is 5. The van der Waals surface area contributed by atoms with Crippen LogP contribution in [0.5, 0.6) is 0 Å². The van der Waals surface area contributed by atoms with Gasteiger partial charge in [0.05, 0.1) is 25.9 Å². The number of ether oxygens (including phenoxy) is 2. The van der Waals surface area contributed by atoms with E-state index in [2.05, 4.69) is 5.32 Å². The summed E-state index contributed by atoms with van der Waals surface area (Å²) in [5, 5.41) is 3.34. The van der Waals surface area contributed by atoms with Crippen LogP contribution in [-0.2, 0) is 16.0 Å². The van der Waals surface area contributed by atoms with E-state index in [1.807, 2.05) is 19.1 Å². The van der Waals surface area contributed by atoms with Crippen LogP contribution < -0.4 is 11.1 Å². The second-order valence-electron chi connectivity index (χ2n) is 4.70. The molecule has 1 aliphatic heterocycles. The van der Waals surface area contributed by atoms with Gasteiger partial charge in [-0.25, -0.2) is 0 Å². The standard InChI is InChI=1S/C14H20N2O3/c1-10-6-11(14(15)17)2-3-12(10)7-16-8-13-9-18-4-5-19-13/h2-3,6,13,16H,4-5,7-9H2,1H3,(H2,15,17). The summed E-state index contributed by atoms with van der Waals surface area (Å²) in [5.41, 5.74) is 8.01. The van der Waals surface area contributed by atoms with E-state index in [1.165, 1.54) is 0 Å². The van der Waals surface area contributed by atoms with Crippen LogP contribution in [0.1, 0.15) is 21.5 Å². The Balaban J connectivity index is 1.83. The number of nitrogens with two attached hydrogens (primary N) is 1. The van der Waals surface area contributed by atoms with Crippen molar-refractivity contribution >= 4 is 5.91 Å². The third-order valence-corrected chi connectivity index (χ3v) is 3.20. The lowest BCUT2D eigenvalue weighted by molar-refractivity contribution is -0.0864. The van der Waals surface area contributed by atoms with Crippen LogP contribution in [0.25, 0.3) is 0 Å². The van der Waals surface area contributed by atoms with Gasteiger partial charge in [-0.15, -0.1) is 0 Å². The summed E-state index contributed by atoms with van der Waals surface area (Å²) in [6.07, 6.45) is 0.124. The summed E-state index contributed by atoms with van der Waals surface area (Å²) < 4.78 is 10.9. The third-order valence-electron chi connectivity index (χ3n) is 3.20. The van der Waals surface area contributed by atoms with Gasteiger partial charge < -0.3 is 20.5 Å². The first-order valence-corrected chi connectivity index (χ1v) is 6.46. The minimum Gasteiger partial charge on any atom is -0.376 e. The maximum atomic E-state index is 11.1. The number of hydrogen-bond donors (Lipinski definition) is 2. The van der Waals surface area contributed by atoms with Crippen molar-refractivity contribution < 1.29 is 14.3 Å². The van der Waals surface area contributed by atoms with Gasteiger partial charge in [-0.2, -0.15) is 0 Å². The van der Waals surface area contributed by atoms with E-state index < -0.39 is 5.91 Å². The predicted octanol–water partition coefficient (Wildman–Crippen LogP) is 0.599. The molecule has 5 heteroatoms. The van der Waals surface area contributed by atoms with Gasteiger partial charge in [-0.05, 0) is 30.2 Å². The number of benzene rings is 1. The normalized spacial score (nSPS) is 19.3. The van der Waals surface area contributed by atoms with Gasteiger partial charge in [-0.3, -0.25) is 4.79 Å². The minimum absolute atomic E-state index is 0.124. The Hall–Kier alpha value is -1.43. The van der Waals surface area contributed by atoms with E-state index in [1.54, 1.807) is 6.07 Å². The molecule has 0 aliphatic carbocycles. The summed E-state index contributed by atoms with van der Waals surface area (Å²) >= 11 is 0. The fraction of sp³-hybridized carbons (Fsp3) is 0.500. The van der Waals surface area contributed by atoms with E-state index in [-0.39, 0.29) is 6.10 Å². The molecule has 19 heavy (non-hydrogen) atoms. The maximum Gasteiger partial charge on any atom is 0.248 e. The monoisotopic (exact) mass is 264 g/mol. The number of carbonyl (C=O) groups is 1. The van der Waals surface area contributed by atoms with Crippen molar-refractivity contribution in [2.45, 2.75) is 19.6 Å². The molecule has 0 bridgehead atoms. The van der Waals surface area contributed by atoms with Crippen LogP contribution in [0.3, 0.4) is 0 Å². The van der Waals surface area contributed by atoms with Crippen LogP contribution in [0.2, 0.25) is 0 Å². The first-order valence-electron chi connectivity index (χ1n) is 6.46. The summed E-state index contributed by atoms with van der Waals surface area (Å²) in [4.78, 5) is 11.1. The van der Waals surface area contributed by atoms with Crippen molar-refractivity contribution in [1.82, 2.24) is 5.32 Å². The lowest BCUT2D eigenvalue weighted by atomic mass is 10.0. The minimum atomic E-state index is -0.393. The predicted molar refractivity (Wildman–Crippen MR) is 72.0 cm³/mol. The van der Waals surface area contributed by atoms with Gasteiger partial charge in [0.15, 0.2) is 0 Å². The second kappa shape index (κ2) is 6.65. The fourth-order valence-corrected chi connectivity index (χ4v) is 2.07. The Morgan fingerprint density at radius 3 is 2.95 bits per heavy atom. The van der Waals surface area contributed by atoms with E-state index in [4.69, 9.17) is 15.2 Å². The summed E-state index contributed by atoms with van der Waals surface area (Å²) in [6.45, 7) is 5.47. The van der Waals surface area contributed by atoms with Crippen LogP contribution in [0.4, 0.5) is 0 Å². The highest BCUT2D eigenvalue weighted by molar-refractivity contribution is 5.93. The quantitative estimate of drug-likeness (QED) is 0.816. The zero-order valence-electron chi connectivity index (χ0n) is 11.1. The van der Waals surface area contributed by atoms with Crippen LogP contribution in [0.15, 0.2) is 18.2 Å². The molecule has 0 spiro atoms. The van der Waals surface area contributed by atoms with Crippen LogP contribution in [-0.4, -0.2) is 38.4 Å². The largest absolute Gasteiger partial charge is 0.376 e. The molecule has 5 nitrogen and oxygen atoms in total. The lowest BCUT2D eigenvalue weighted by Gasteiger charge is -2.23. The molecule has 0 aromatic heterocycles. The topological polar surface area (TPSA) is 73.6 Å². The zero-order chi connectivity index (χ0) is 13.7. The van der Waals surface area contributed by atoms with E-state index in [0.29, 0.717) is 25.4 Å². The average Bonchev–Trinajstić information content (AvgIpc) is 2.41. The molecule has 1 aliphatic rings. The molecule has 3 N–H and O–H groups in total. The Morgan fingerprint density at radius 2 is 2.32 bits per heavy atom. The van der Waals surface area contributed by atoms with Crippen LogP contribution >= 0.6 is 0 Å². The summed E-state index contributed by atoms with van der Waals surface area (Å²) in [7, 11) is 0. The molecule has 1 aromatic rings. The van der Waals surface area contributed by atoms with Gasteiger partial charge in [-0.1, -0.05) is 6.07 Å². The van der Waals surface area contributed by atoms with E-state index in [0.717, 1.165) is 24.2 Å². The zero-order valence-corrected chi connectivity index (χ0v) is 11.1. The molecular formula is C14H20N2O3. The molecule has 1 unspecified atom stereocenters. The number of primary amides is 1. The molecule has 1 amide bonds. The van der Waals surface area contributed by atoms with Gasteiger partial charge in [0.2, 0.25) is 5.91 Å². The summed E-state index contributed by atoms with van der Waals surface area (Å²) in [5.74, 6) is -0.393. The molecule has 1 heterocycles. The number of hydrogen-bond acceptors (Lipinski definition) is 4. The molecule has 1 atom stereocenters. The molecule has 1 fully saturated rings. The van der Waals surface area contributed by atoms with Gasteiger partial charge >= 0.3 is 0 Å². The highest BCUT2D eigenvalue weighted by Crippen LogP contribution is 2.11. The van der Waals surface area contributed by atoms with Crippen molar-refractivity contribution in [2.75, 3.05) is 26.4 Å².